The summed E-state index contributed by atoms with van der Waals surface area (Å²) in [6.45, 7) is 0. The van der Waals surface area contributed by atoms with Crippen LogP contribution in [-0.4, -0.2) is 4.57 Å². The Labute approximate surface area is 408 Å². The van der Waals surface area contributed by atoms with Crippen LogP contribution in [0.3, 0.4) is 0 Å². The van der Waals surface area contributed by atoms with Crippen LogP contribution in [0.1, 0.15) is 22.3 Å². The lowest BCUT2D eigenvalue weighted by molar-refractivity contribution is 0.719. The highest BCUT2D eigenvalue weighted by Crippen LogP contribution is 2.64. The van der Waals surface area contributed by atoms with Crippen LogP contribution in [0.25, 0.3) is 60.9 Å². The van der Waals surface area contributed by atoms with Crippen molar-refractivity contribution in [2.45, 2.75) is 5.41 Å². The number of benzene rings is 11. The molecule has 2 aliphatic heterocycles. The van der Waals surface area contributed by atoms with E-state index in [1.54, 1.807) is 0 Å². The predicted octanol–water partition coefficient (Wildman–Crippen LogP) is 17.7. The summed E-state index contributed by atoms with van der Waals surface area (Å²) in [6, 6.07) is 100. The molecule has 0 unspecified atom stereocenters. The van der Waals surface area contributed by atoms with E-state index in [4.69, 9.17) is 0 Å². The van der Waals surface area contributed by atoms with Crippen LogP contribution < -0.4 is 9.80 Å². The lowest BCUT2D eigenvalue weighted by Crippen LogP contribution is -2.42. The number of fused-ring (bicyclic) bond motifs is 11. The fraction of sp³-hybridized carbons (Fsp3) is 0.0149. The number of para-hydroxylation sites is 5. The van der Waals surface area contributed by atoms with Crippen molar-refractivity contribution in [3.05, 3.63) is 295 Å². The summed E-state index contributed by atoms with van der Waals surface area (Å²) in [4.78, 5) is 4.96. The van der Waals surface area contributed by atoms with Crippen LogP contribution in [0.5, 0.6) is 0 Å². The molecule has 1 spiro atoms. The highest BCUT2D eigenvalue weighted by Gasteiger charge is 2.52. The van der Waals surface area contributed by atoms with Crippen molar-refractivity contribution in [2.24, 2.45) is 0 Å². The Balaban J connectivity index is 0.944. The summed E-state index contributed by atoms with van der Waals surface area (Å²) in [5, 5.41) is 2.50. The largest absolute Gasteiger partial charge is 0.310 e. The molecule has 0 radical (unpaired) electrons. The van der Waals surface area contributed by atoms with E-state index in [1.165, 1.54) is 88.8 Å². The molecule has 3 nitrogen and oxygen atoms in total. The van der Waals surface area contributed by atoms with Gasteiger partial charge in [-0.2, -0.15) is 0 Å². The van der Waals surface area contributed by atoms with Gasteiger partial charge in [-0.05, 0) is 141 Å². The van der Waals surface area contributed by atoms with Gasteiger partial charge in [-0.3, -0.25) is 0 Å². The van der Waals surface area contributed by atoms with Crippen LogP contribution in [0, 0.1) is 0 Å². The zero-order valence-electron chi connectivity index (χ0n) is 38.3. The van der Waals surface area contributed by atoms with Crippen LogP contribution in [0.15, 0.2) is 273 Å². The summed E-state index contributed by atoms with van der Waals surface area (Å²) < 4.78 is 2.38. The van der Waals surface area contributed by atoms with Crippen molar-refractivity contribution >= 4 is 55.9 Å². The second-order valence-electron chi connectivity index (χ2n) is 18.5. The monoisotopic (exact) mass is 891 g/mol. The van der Waals surface area contributed by atoms with Crippen LogP contribution >= 0.6 is 0 Å². The SMILES string of the molecule is c1ccc(-c2ccc(N3c4ccccc4C4(c5ccccc53)c3ccccc3N(c3ccc(-c5ccc6c(c5)c5ccccc5n6-c5ccccc5)cc3)c3ccc(-c5ccccc5)cc34)cc2)cc1. The summed E-state index contributed by atoms with van der Waals surface area (Å²) in [7, 11) is 0. The van der Waals surface area contributed by atoms with Crippen molar-refractivity contribution in [1.29, 1.82) is 0 Å². The first kappa shape index (κ1) is 39.9. The average molecular weight is 892 g/mol. The number of anilines is 6. The molecule has 0 saturated heterocycles. The average Bonchev–Trinajstić information content (AvgIpc) is 3.78. The van der Waals surface area contributed by atoms with E-state index >= 15 is 0 Å². The molecular formula is C67H45N3. The fourth-order valence-corrected chi connectivity index (χ4v) is 11.7. The van der Waals surface area contributed by atoms with Gasteiger partial charge in [0.15, 0.2) is 0 Å². The van der Waals surface area contributed by atoms with Gasteiger partial charge < -0.3 is 14.4 Å². The number of hydrogen-bond acceptors (Lipinski definition) is 2. The molecule has 0 saturated carbocycles. The summed E-state index contributed by atoms with van der Waals surface area (Å²) in [5.41, 5.74) is 22.0. The molecule has 0 fully saturated rings. The Hall–Kier alpha value is -9.18. The quantitative estimate of drug-likeness (QED) is 0.165. The first-order valence-corrected chi connectivity index (χ1v) is 24.2. The zero-order chi connectivity index (χ0) is 46.2. The Morgan fingerprint density at radius 1 is 0.229 bits per heavy atom. The Morgan fingerprint density at radius 2 is 0.614 bits per heavy atom. The highest BCUT2D eigenvalue weighted by atomic mass is 15.2. The number of hydrogen-bond donors (Lipinski definition) is 0. The van der Waals surface area contributed by atoms with Crippen molar-refractivity contribution in [1.82, 2.24) is 4.57 Å². The van der Waals surface area contributed by atoms with Crippen molar-refractivity contribution in [3.63, 3.8) is 0 Å². The van der Waals surface area contributed by atoms with Crippen molar-refractivity contribution in [3.8, 4) is 39.1 Å². The van der Waals surface area contributed by atoms with E-state index < -0.39 is 5.41 Å². The number of nitrogens with zero attached hydrogens (tertiary/aromatic N) is 3. The van der Waals surface area contributed by atoms with E-state index in [0.717, 1.165) is 28.4 Å². The van der Waals surface area contributed by atoms with Gasteiger partial charge in [-0.25, -0.2) is 0 Å². The van der Waals surface area contributed by atoms with E-state index in [0.29, 0.717) is 0 Å². The summed E-state index contributed by atoms with van der Waals surface area (Å²) >= 11 is 0. The molecule has 14 rings (SSSR count). The van der Waals surface area contributed by atoms with E-state index in [1.807, 2.05) is 0 Å². The molecule has 11 aromatic carbocycles. The maximum Gasteiger partial charge on any atom is 0.0783 e. The van der Waals surface area contributed by atoms with Gasteiger partial charge >= 0.3 is 0 Å². The first-order valence-electron chi connectivity index (χ1n) is 24.2. The van der Waals surface area contributed by atoms with Gasteiger partial charge in [0.1, 0.15) is 0 Å². The minimum atomic E-state index is -0.658. The third kappa shape index (κ3) is 6.01. The lowest BCUT2D eigenvalue weighted by atomic mass is 9.60. The van der Waals surface area contributed by atoms with Gasteiger partial charge in [0, 0.05) is 27.8 Å². The van der Waals surface area contributed by atoms with Crippen molar-refractivity contribution in [2.75, 3.05) is 9.80 Å². The molecule has 3 heterocycles. The van der Waals surface area contributed by atoms with Crippen LogP contribution in [-0.2, 0) is 5.41 Å². The Bertz CT molecular complexity index is 3880. The molecule has 1 aromatic heterocycles. The Kier molecular flexibility index (Phi) is 9.11. The fourth-order valence-electron chi connectivity index (χ4n) is 11.7. The molecule has 12 aromatic rings. The van der Waals surface area contributed by atoms with Crippen LogP contribution in [0.4, 0.5) is 34.1 Å². The molecule has 0 bridgehead atoms. The van der Waals surface area contributed by atoms with Gasteiger partial charge in [0.05, 0.1) is 39.2 Å². The third-order valence-electron chi connectivity index (χ3n) is 14.8. The molecule has 0 aliphatic carbocycles. The minimum Gasteiger partial charge on any atom is -0.310 e. The summed E-state index contributed by atoms with van der Waals surface area (Å²) in [6.07, 6.45) is 0. The molecular weight excluding hydrogens is 847 g/mol. The normalized spacial score (nSPS) is 13.2. The Morgan fingerprint density at radius 3 is 1.19 bits per heavy atom. The molecule has 0 atom stereocenters. The summed E-state index contributed by atoms with van der Waals surface area (Å²) in [5.74, 6) is 0. The topological polar surface area (TPSA) is 11.4 Å². The maximum absolute atomic E-state index is 2.49. The third-order valence-corrected chi connectivity index (χ3v) is 14.8. The zero-order valence-corrected chi connectivity index (χ0v) is 38.3. The van der Waals surface area contributed by atoms with Crippen LogP contribution in [0.2, 0.25) is 0 Å². The van der Waals surface area contributed by atoms with Gasteiger partial charge in [0.2, 0.25) is 0 Å². The standard InChI is InChI=1S/C67H45N3/c1-4-18-46(19-5-1)48-32-38-53(39-33-48)69-63-29-15-11-25-57(63)67(58-26-12-16-30-64(58)69)59-27-13-17-31-65(59)70(66-43-37-51(45-60(66)67)47-20-6-2-7-21-47)54-40-34-49(35-41-54)50-36-42-62-56(44-50)55-24-10-14-28-61(55)68(62)52-22-8-3-9-23-52/h1-45H. The van der Waals surface area contributed by atoms with Gasteiger partial charge in [-0.1, -0.05) is 188 Å². The predicted molar refractivity (Wildman–Crippen MR) is 292 cm³/mol. The number of rotatable bonds is 6. The molecule has 328 valence electrons. The molecule has 2 aliphatic rings. The smallest absolute Gasteiger partial charge is 0.0783 e. The lowest BCUT2D eigenvalue weighted by Gasteiger charge is -2.51. The maximum atomic E-state index is 2.49. The minimum absolute atomic E-state index is 0.658. The first-order chi connectivity index (χ1) is 34.7. The second kappa shape index (κ2) is 16.0. The molecule has 0 amide bonds. The van der Waals surface area contributed by atoms with Gasteiger partial charge in [0.25, 0.3) is 0 Å². The van der Waals surface area contributed by atoms with E-state index in [-0.39, 0.29) is 0 Å². The molecule has 70 heavy (non-hydrogen) atoms. The second-order valence-corrected chi connectivity index (χ2v) is 18.5. The van der Waals surface area contributed by atoms with Gasteiger partial charge in [-0.15, -0.1) is 0 Å². The number of aromatic nitrogens is 1. The highest BCUT2D eigenvalue weighted by molar-refractivity contribution is 6.10. The van der Waals surface area contributed by atoms with Crippen molar-refractivity contribution < 1.29 is 0 Å². The van der Waals surface area contributed by atoms with E-state index in [2.05, 4.69) is 287 Å². The van der Waals surface area contributed by atoms with E-state index in [9.17, 15) is 0 Å². The molecule has 3 heteroatoms. The molecule has 0 N–H and O–H groups in total.